The van der Waals surface area contributed by atoms with Crippen molar-refractivity contribution in [3.63, 3.8) is 0 Å². The SMILES string of the molecule is CCCC(C)N(CCCN)C1CCCCC1. The van der Waals surface area contributed by atoms with E-state index in [1.54, 1.807) is 0 Å². The first-order valence-corrected chi connectivity index (χ1v) is 7.25. The Balaban J connectivity index is 2.46. The fourth-order valence-electron chi connectivity index (χ4n) is 3.03. The lowest BCUT2D eigenvalue weighted by Crippen LogP contribution is -2.43. The van der Waals surface area contributed by atoms with E-state index in [2.05, 4.69) is 18.7 Å². The second-order valence-corrected chi connectivity index (χ2v) is 5.31. The molecule has 1 saturated carbocycles. The number of nitrogens with zero attached hydrogens (tertiary/aromatic N) is 1. The molecule has 0 aromatic carbocycles. The lowest BCUT2D eigenvalue weighted by molar-refractivity contribution is 0.106. The van der Waals surface area contributed by atoms with E-state index in [4.69, 9.17) is 5.73 Å². The molecule has 1 rings (SSSR count). The van der Waals surface area contributed by atoms with Crippen molar-refractivity contribution in [2.24, 2.45) is 5.73 Å². The summed E-state index contributed by atoms with van der Waals surface area (Å²) in [6, 6.07) is 1.60. The van der Waals surface area contributed by atoms with Crippen LogP contribution in [0.4, 0.5) is 0 Å². The third-order valence-corrected chi connectivity index (χ3v) is 3.94. The number of nitrogens with two attached hydrogens (primary N) is 1. The van der Waals surface area contributed by atoms with E-state index in [-0.39, 0.29) is 0 Å². The lowest BCUT2D eigenvalue weighted by Gasteiger charge is -2.38. The van der Waals surface area contributed by atoms with Gasteiger partial charge in [0.25, 0.3) is 0 Å². The third-order valence-electron chi connectivity index (χ3n) is 3.94. The van der Waals surface area contributed by atoms with Crippen molar-refractivity contribution in [1.82, 2.24) is 4.90 Å². The Labute approximate surface area is 102 Å². The van der Waals surface area contributed by atoms with Gasteiger partial charge >= 0.3 is 0 Å². The summed E-state index contributed by atoms with van der Waals surface area (Å²) < 4.78 is 0. The topological polar surface area (TPSA) is 29.3 Å². The predicted octanol–water partition coefficient (Wildman–Crippen LogP) is 3.16. The number of hydrogen-bond donors (Lipinski definition) is 1. The molecule has 0 aromatic rings. The summed E-state index contributed by atoms with van der Waals surface area (Å²) in [5, 5.41) is 0. The summed E-state index contributed by atoms with van der Waals surface area (Å²) in [5.41, 5.74) is 5.65. The van der Waals surface area contributed by atoms with Gasteiger partial charge in [-0.3, -0.25) is 4.90 Å². The molecule has 16 heavy (non-hydrogen) atoms. The molecule has 96 valence electrons. The van der Waals surface area contributed by atoms with Gasteiger partial charge in [0.2, 0.25) is 0 Å². The maximum absolute atomic E-state index is 5.65. The van der Waals surface area contributed by atoms with Gasteiger partial charge in [-0.05, 0) is 45.7 Å². The van der Waals surface area contributed by atoms with Crippen LogP contribution in [0.25, 0.3) is 0 Å². The molecule has 2 heteroatoms. The van der Waals surface area contributed by atoms with Crippen molar-refractivity contribution >= 4 is 0 Å². The minimum Gasteiger partial charge on any atom is -0.330 e. The zero-order valence-corrected chi connectivity index (χ0v) is 11.3. The molecule has 1 atom stereocenters. The van der Waals surface area contributed by atoms with Gasteiger partial charge in [0, 0.05) is 12.1 Å². The van der Waals surface area contributed by atoms with Crippen LogP contribution in [0.2, 0.25) is 0 Å². The molecule has 1 aliphatic carbocycles. The van der Waals surface area contributed by atoms with Crippen LogP contribution in [0, 0.1) is 0 Å². The van der Waals surface area contributed by atoms with E-state index in [0.29, 0.717) is 0 Å². The van der Waals surface area contributed by atoms with Crippen molar-refractivity contribution in [2.45, 2.75) is 77.3 Å². The van der Waals surface area contributed by atoms with Crippen molar-refractivity contribution in [1.29, 1.82) is 0 Å². The summed E-state index contributed by atoms with van der Waals surface area (Å²) in [7, 11) is 0. The fourth-order valence-corrected chi connectivity index (χ4v) is 3.03. The fraction of sp³-hybridized carbons (Fsp3) is 1.00. The van der Waals surface area contributed by atoms with Crippen LogP contribution >= 0.6 is 0 Å². The highest BCUT2D eigenvalue weighted by Crippen LogP contribution is 2.25. The molecule has 1 unspecified atom stereocenters. The van der Waals surface area contributed by atoms with Gasteiger partial charge in [-0.25, -0.2) is 0 Å². The molecule has 2 N–H and O–H groups in total. The first-order chi connectivity index (χ1) is 7.79. The predicted molar refractivity (Wildman–Crippen MR) is 71.6 cm³/mol. The first-order valence-electron chi connectivity index (χ1n) is 7.25. The molecule has 0 heterocycles. The molecule has 0 saturated heterocycles. The van der Waals surface area contributed by atoms with Crippen LogP contribution in [0.3, 0.4) is 0 Å². The summed E-state index contributed by atoms with van der Waals surface area (Å²) in [5.74, 6) is 0. The van der Waals surface area contributed by atoms with E-state index in [9.17, 15) is 0 Å². The van der Waals surface area contributed by atoms with E-state index in [1.807, 2.05) is 0 Å². The van der Waals surface area contributed by atoms with E-state index in [1.165, 1.54) is 51.5 Å². The van der Waals surface area contributed by atoms with Crippen LogP contribution in [0.5, 0.6) is 0 Å². The van der Waals surface area contributed by atoms with Gasteiger partial charge < -0.3 is 5.73 Å². The average molecular weight is 226 g/mol. The van der Waals surface area contributed by atoms with Crippen LogP contribution in [0.15, 0.2) is 0 Å². The molecule has 0 radical (unpaired) electrons. The Bertz CT molecular complexity index is 164. The maximum atomic E-state index is 5.65. The normalized spacial score (nSPS) is 20.2. The molecule has 0 aliphatic heterocycles. The van der Waals surface area contributed by atoms with Crippen molar-refractivity contribution in [3.05, 3.63) is 0 Å². The Morgan fingerprint density at radius 2 is 1.94 bits per heavy atom. The minimum absolute atomic E-state index is 0.750. The molecule has 0 spiro atoms. The lowest BCUT2D eigenvalue weighted by atomic mass is 9.92. The Hall–Kier alpha value is -0.0800. The zero-order valence-electron chi connectivity index (χ0n) is 11.3. The van der Waals surface area contributed by atoms with Crippen LogP contribution in [0.1, 0.15) is 65.2 Å². The van der Waals surface area contributed by atoms with Gasteiger partial charge in [-0.2, -0.15) is 0 Å². The van der Waals surface area contributed by atoms with E-state index < -0.39 is 0 Å². The van der Waals surface area contributed by atoms with Crippen molar-refractivity contribution in [3.8, 4) is 0 Å². The highest BCUT2D eigenvalue weighted by molar-refractivity contribution is 4.79. The Morgan fingerprint density at radius 3 is 2.50 bits per heavy atom. The van der Waals surface area contributed by atoms with Gasteiger partial charge in [-0.15, -0.1) is 0 Å². The summed E-state index contributed by atoms with van der Waals surface area (Å²) in [6.07, 6.45) is 10.9. The van der Waals surface area contributed by atoms with E-state index in [0.717, 1.165) is 25.0 Å². The monoisotopic (exact) mass is 226 g/mol. The van der Waals surface area contributed by atoms with Crippen LogP contribution in [-0.4, -0.2) is 30.1 Å². The second kappa shape index (κ2) is 8.08. The summed E-state index contributed by atoms with van der Waals surface area (Å²) >= 11 is 0. The molecular formula is C14H30N2. The molecule has 2 nitrogen and oxygen atoms in total. The molecular weight excluding hydrogens is 196 g/mol. The van der Waals surface area contributed by atoms with Crippen LogP contribution in [-0.2, 0) is 0 Å². The zero-order chi connectivity index (χ0) is 11.8. The van der Waals surface area contributed by atoms with Gasteiger partial charge in [0.15, 0.2) is 0 Å². The Morgan fingerprint density at radius 1 is 1.25 bits per heavy atom. The largest absolute Gasteiger partial charge is 0.330 e. The van der Waals surface area contributed by atoms with Gasteiger partial charge in [0.1, 0.15) is 0 Å². The smallest absolute Gasteiger partial charge is 0.00980 e. The second-order valence-electron chi connectivity index (χ2n) is 5.31. The highest BCUT2D eigenvalue weighted by Gasteiger charge is 2.24. The maximum Gasteiger partial charge on any atom is 0.00980 e. The first kappa shape index (κ1) is 14.0. The average Bonchev–Trinajstić information content (AvgIpc) is 2.31. The minimum atomic E-state index is 0.750. The summed E-state index contributed by atoms with van der Waals surface area (Å²) in [4.78, 5) is 2.75. The highest BCUT2D eigenvalue weighted by atomic mass is 15.2. The Kier molecular flexibility index (Phi) is 7.06. The number of hydrogen-bond acceptors (Lipinski definition) is 2. The molecule has 0 aromatic heterocycles. The number of rotatable bonds is 7. The molecule has 1 aliphatic rings. The molecule has 1 fully saturated rings. The molecule has 0 bridgehead atoms. The van der Waals surface area contributed by atoms with Gasteiger partial charge in [-0.1, -0.05) is 32.6 Å². The van der Waals surface area contributed by atoms with Crippen LogP contribution < -0.4 is 5.73 Å². The standard InChI is InChI=1S/C14H30N2/c1-3-8-13(2)16(12-7-11-15)14-9-5-4-6-10-14/h13-14H,3-12,15H2,1-2H3. The van der Waals surface area contributed by atoms with Gasteiger partial charge in [0.05, 0.1) is 0 Å². The summed E-state index contributed by atoms with van der Waals surface area (Å²) in [6.45, 7) is 6.73. The van der Waals surface area contributed by atoms with E-state index >= 15 is 0 Å². The van der Waals surface area contributed by atoms with Crippen molar-refractivity contribution in [2.75, 3.05) is 13.1 Å². The quantitative estimate of drug-likeness (QED) is 0.722. The third kappa shape index (κ3) is 4.42. The molecule has 0 amide bonds. The van der Waals surface area contributed by atoms with Crippen molar-refractivity contribution < 1.29 is 0 Å².